The molecule has 1 aromatic carbocycles. The molecular formula is C25H36FN5O3. The highest BCUT2D eigenvalue weighted by Gasteiger charge is 2.41. The van der Waals surface area contributed by atoms with Crippen molar-refractivity contribution >= 4 is 5.91 Å². The lowest BCUT2D eigenvalue weighted by Crippen LogP contribution is -2.58. The summed E-state index contributed by atoms with van der Waals surface area (Å²) in [5.41, 5.74) is 0.353. The minimum Gasteiger partial charge on any atom is -0.491 e. The quantitative estimate of drug-likeness (QED) is 0.587. The molecule has 0 radical (unpaired) electrons. The Morgan fingerprint density at radius 3 is 2.59 bits per heavy atom. The molecule has 0 unspecified atom stereocenters. The molecule has 0 aliphatic carbocycles. The second-order valence-corrected chi connectivity index (χ2v) is 9.71. The molecule has 1 atom stereocenters. The number of ether oxygens (including phenoxy) is 2. The fraction of sp³-hybridized carbons (Fsp3) is 0.600. The lowest BCUT2D eigenvalue weighted by molar-refractivity contribution is -0.158. The van der Waals surface area contributed by atoms with Gasteiger partial charge in [0.2, 0.25) is 5.91 Å². The Labute approximate surface area is 201 Å². The van der Waals surface area contributed by atoms with E-state index in [9.17, 15) is 9.18 Å². The summed E-state index contributed by atoms with van der Waals surface area (Å²) in [6, 6.07) is 8.27. The standard InChI is InChI=1S/C25H36FN5O3/c1-20(2)31-22(8-9-27-31)17-29-14-15-34-25(18-29,19-33-23-6-4-21(26)5-7-23)16-24(32)30-12-10-28(3)11-13-30/h4-9,20H,10-19H2,1-3H3/t25-/m1/s1. The molecule has 186 valence electrons. The van der Waals surface area contributed by atoms with E-state index in [0.717, 1.165) is 45.0 Å². The monoisotopic (exact) mass is 473 g/mol. The average Bonchev–Trinajstić information content (AvgIpc) is 3.28. The van der Waals surface area contributed by atoms with Crippen LogP contribution in [0.3, 0.4) is 0 Å². The molecular weight excluding hydrogens is 437 g/mol. The van der Waals surface area contributed by atoms with Gasteiger partial charge in [0.1, 0.15) is 23.8 Å². The third-order valence-corrected chi connectivity index (χ3v) is 6.60. The third-order valence-electron chi connectivity index (χ3n) is 6.60. The molecule has 3 heterocycles. The molecule has 2 aromatic rings. The number of amides is 1. The number of carbonyl (C=O) groups is 1. The Bertz CT molecular complexity index is 942. The first-order valence-corrected chi connectivity index (χ1v) is 12.1. The number of halogens is 1. The van der Waals surface area contributed by atoms with Crippen LogP contribution in [0.5, 0.6) is 5.75 Å². The molecule has 0 bridgehead atoms. The maximum Gasteiger partial charge on any atom is 0.225 e. The van der Waals surface area contributed by atoms with E-state index in [0.29, 0.717) is 18.9 Å². The van der Waals surface area contributed by atoms with Crippen LogP contribution in [0.15, 0.2) is 36.5 Å². The van der Waals surface area contributed by atoms with Crippen LogP contribution in [0.1, 0.15) is 32.0 Å². The van der Waals surface area contributed by atoms with Crippen LogP contribution in [0.4, 0.5) is 4.39 Å². The van der Waals surface area contributed by atoms with Gasteiger partial charge < -0.3 is 19.3 Å². The van der Waals surface area contributed by atoms with E-state index < -0.39 is 5.60 Å². The van der Waals surface area contributed by atoms with Gasteiger partial charge in [-0.3, -0.25) is 14.4 Å². The minimum atomic E-state index is -0.782. The van der Waals surface area contributed by atoms with E-state index >= 15 is 0 Å². The van der Waals surface area contributed by atoms with Crippen molar-refractivity contribution in [2.45, 2.75) is 38.5 Å². The third kappa shape index (κ3) is 6.14. The van der Waals surface area contributed by atoms with Gasteiger partial charge in [-0.2, -0.15) is 5.10 Å². The van der Waals surface area contributed by atoms with Crippen LogP contribution in [-0.4, -0.2) is 95.5 Å². The van der Waals surface area contributed by atoms with Crippen LogP contribution < -0.4 is 4.74 Å². The molecule has 8 nitrogen and oxygen atoms in total. The van der Waals surface area contributed by atoms with Gasteiger partial charge in [0, 0.05) is 58.1 Å². The number of morpholine rings is 1. The highest BCUT2D eigenvalue weighted by molar-refractivity contribution is 5.77. The van der Waals surface area contributed by atoms with Crippen molar-refractivity contribution in [1.82, 2.24) is 24.5 Å². The highest BCUT2D eigenvalue weighted by atomic mass is 19.1. The number of aromatic nitrogens is 2. The lowest BCUT2D eigenvalue weighted by atomic mass is 9.96. The first kappa shape index (κ1) is 24.6. The van der Waals surface area contributed by atoms with Crippen molar-refractivity contribution in [3.8, 4) is 5.75 Å². The largest absolute Gasteiger partial charge is 0.491 e. The predicted molar refractivity (Wildman–Crippen MR) is 127 cm³/mol. The summed E-state index contributed by atoms with van der Waals surface area (Å²) in [6.45, 7) is 10.2. The summed E-state index contributed by atoms with van der Waals surface area (Å²) in [7, 11) is 2.07. The topological polar surface area (TPSA) is 63.1 Å². The molecule has 2 saturated heterocycles. The Balaban J connectivity index is 1.49. The molecule has 0 spiro atoms. The van der Waals surface area contributed by atoms with Gasteiger partial charge >= 0.3 is 0 Å². The van der Waals surface area contributed by atoms with Crippen molar-refractivity contribution in [3.05, 3.63) is 48.0 Å². The van der Waals surface area contributed by atoms with Crippen LogP contribution in [-0.2, 0) is 16.1 Å². The van der Waals surface area contributed by atoms with Crippen molar-refractivity contribution in [3.63, 3.8) is 0 Å². The second-order valence-electron chi connectivity index (χ2n) is 9.71. The van der Waals surface area contributed by atoms with Gasteiger partial charge in [-0.05, 0) is 51.2 Å². The van der Waals surface area contributed by atoms with Gasteiger partial charge in [-0.1, -0.05) is 0 Å². The average molecular weight is 474 g/mol. The highest BCUT2D eigenvalue weighted by Crippen LogP contribution is 2.27. The summed E-state index contributed by atoms with van der Waals surface area (Å²) in [5.74, 6) is 0.338. The van der Waals surface area contributed by atoms with Crippen molar-refractivity contribution in [2.24, 2.45) is 0 Å². The van der Waals surface area contributed by atoms with Gasteiger partial charge in [-0.15, -0.1) is 0 Å². The normalized spacial score (nSPS) is 22.3. The summed E-state index contributed by atoms with van der Waals surface area (Å²) < 4.78 is 27.7. The smallest absolute Gasteiger partial charge is 0.225 e. The van der Waals surface area contributed by atoms with E-state index in [-0.39, 0.29) is 30.8 Å². The number of piperazine rings is 1. The van der Waals surface area contributed by atoms with Gasteiger partial charge in [0.15, 0.2) is 0 Å². The van der Waals surface area contributed by atoms with E-state index in [2.05, 4.69) is 35.8 Å². The van der Waals surface area contributed by atoms with E-state index in [4.69, 9.17) is 9.47 Å². The first-order valence-electron chi connectivity index (χ1n) is 12.1. The van der Waals surface area contributed by atoms with Crippen molar-refractivity contribution < 1.29 is 18.7 Å². The van der Waals surface area contributed by atoms with Crippen molar-refractivity contribution in [1.29, 1.82) is 0 Å². The summed E-state index contributed by atoms with van der Waals surface area (Å²) >= 11 is 0. The van der Waals surface area contributed by atoms with Gasteiger partial charge in [-0.25, -0.2) is 4.39 Å². The maximum atomic E-state index is 13.3. The fourth-order valence-corrected chi connectivity index (χ4v) is 4.65. The van der Waals surface area contributed by atoms with Crippen LogP contribution >= 0.6 is 0 Å². The zero-order valence-corrected chi connectivity index (χ0v) is 20.5. The molecule has 2 aliphatic heterocycles. The van der Waals surface area contributed by atoms with Gasteiger partial charge in [0.25, 0.3) is 0 Å². The molecule has 0 saturated carbocycles. The van der Waals surface area contributed by atoms with Crippen LogP contribution in [0.2, 0.25) is 0 Å². The van der Waals surface area contributed by atoms with Crippen molar-refractivity contribution in [2.75, 3.05) is 59.5 Å². The first-order chi connectivity index (χ1) is 16.3. The Morgan fingerprint density at radius 1 is 1.15 bits per heavy atom. The molecule has 34 heavy (non-hydrogen) atoms. The summed E-state index contributed by atoms with van der Waals surface area (Å²) in [5, 5.41) is 4.45. The van der Waals surface area contributed by atoms with E-state index in [1.54, 1.807) is 12.1 Å². The molecule has 1 aromatic heterocycles. The van der Waals surface area contributed by atoms with Gasteiger partial charge in [0.05, 0.1) is 18.7 Å². The van der Waals surface area contributed by atoms with Crippen LogP contribution in [0.25, 0.3) is 0 Å². The number of carbonyl (C=O) groups excluding carboxylic acids is 1. The number of hydrogen-bond donors (Lipinski definition) is 0. The Morgan fingerprint density at radius 2 is 1.88 bits per heavy atom. The molecule has 0 N–H and O–H groups in total. The molecule has 1 amide bonds. The van der Waals surface area contributed by atoms with E-state index in [1.165, 1.54) is 12.1 Å². The number of likely N-dealkylation sites (N-methyl/N-ethyl adjacent to an activating group) is 1. The number of nitrogens with zero attached hydrogens (tertiary/aromatic N) is 5. The number of hydrogen-bond acceptors (Lipinski definition) is 6. The summed E-state index contributed by atoms with van der Waals surface area (Å²) in [4.78, 5) is 19.8. The Hall–Kier alpha value is -2.49. The molecule has 2 aliphatic rings. The minimum absolute atomic E-state index is 0.0879. The fourth-order valence-electron chi connectivity index (χ4n) is 4.65. The lowest BCUT2D eigenvalue weighted by Gasteiger charge is -2.43. The molecule has 4 rings (SSSR count). The number of benzene rings is 1. The zero-order valence-electron chi connectivity index (χ0n) is 20.5. The maximum absolute atomic E-state index is 13.3. The summed E-state index contributed by atoms with van der Waals surface area (Å²) in [6.07, 6.45) is 2.08. The predicted octanol–water partition coefficient (Wildman–Crippen LogP) is 2.42. The van der Waals surface area contributed by atoms with Crippen LogP contribution in [0, 0.1) is 5.82 Å². The Kier molecular flexibility index (Phi) is 7.85. The SMILES string of the molecule is CC(C)n1nccc1CN1CCO[C@](COc2ccc(F)cc2)(CC(=O)N2CCN(C)CC2)C1. The second kappa shape index (κ2) is 10.8. The molecule has 9 heteroatoms. The number of rotatable bonds is 8. The molecule has 2 fully saturated rings. The zero-order chi connectivity index (χ0) is 24.1. The van der Waals surface area contributed by atoms with E-state index in [1.807, 2.05) is 21.8 Å².